The van der Waals surface area contributed by atoms with Crippen molar-refractivity contribution in [1.82, 2.24) is 14.8 Å². The molecule has 1 aromatic heterocycles. The third-order valence-electron chi connectivity index (χ3n) is 2.55. The van der Waals surface area contributed by atoms with Crippen molar-refractivity contribution >= 4 is 9.84 Å². The zero-order chi connectivity index (χ0) is 14.6. The van der Waals surface area contributed by atoms with Gasteiger partial charge in [-0.2, -0.15) is 10.5 Å². The summed E-state index contributed by atoms with van der Waals surface area (Å²) >= 11 is 0. The number of aryl methyl sites for hydroxylation is 1. The number of rotatable bonds is 4. The monoisotopic (exact) mass is 287 g/mol. The molecule has 20 heavy (non-hydrogen) atoms. The van der Waals surface area contributed by atoms with Crippen molar-refractivity contribution in [1.29, 1.82) is 10.5 Å². The first-order valence-electron chi connectivity index (χ1n) is 5.57. The lowest BCUT2D eigenvalue weighted by Gasteiger charge is -2.04. The van der Waals surface area contributed by atoms with Gasteiger partial charge < -0.3 is 0 Å². The molecule has 0 fully saturated rings. The van der Waals surface area contributed by atoms with Crippen molar-refractivity contribution in [3.8, 4) is 12.1 Å². The highest BCUT2D eigenvalue weighted by Gasteiger charge is 2.15. The Bertz CT molecular complexity index is 811. The average molecular weight is 287 g/mol. The summed E-state index contributed by atoms with van der Waals surface area (Å²) in [7, 11) is -3.51. The molecule has 7 nitrogen and oxygen atoms in total. The van der Waals surface area contributed by atoms with Crippen LogP contribution in [0.5, 0.6) is 0 Å². The quantitative estimate of drug-likeness (QED) is 0.809. The number of sulfone groups is 1. The molecule has 8 heteroatoms. The van der Waals surface area contributed by atoms with Crippen molar-refractivity contribution in [2.45, 2.75) is 11.4 Å². The van der Waals surface area contributed by atoms with Gasteiger partial charge in [0.1, 0.15) is 12.4 Å². The molecule has 0 atom stereocenters. The van der Waals surface area contributed by atoms with E-state index in [0.29, 0.717) is 5.56 Å². The smallest absolute Gasteiger partial charge is 0.251 e. The van der Waals surface area contributed by atoms with Crippen LogP contribution in [0.4, 0.5) is 0 Å². The molecular weight excluding hydrogens is 278 g/mol. The first-order valence-corrected chi connectivity index (χ1v) is 7.23. The lowest BCUT2D eigenvalue weighted by Crippen LogP contribution is -2.14. The number of nitriles is 2. The summed E-state index contributed by atoms with van der Waals surface area (Å²) < 4.78 is 25.5. The second kappa shape index (κ2) is 5.51. The van der Waals surface area contributed by atoms with Gasteiger partial charge in [-0.25, -0.2) is 13.4 Å². The van der Waals surface area contributed by atoms with Crippen LogP contribution in [0.25, 0.3) is 0 Å². The molecule has 0 unspecified atom stereocenters. The second-order valence-corrected chi connectivity index (χ2v) is 6.01. The minimum absolute atomic E-state index is 0.00567. The van der Waals surface area contributed by atoms with E-state index in [4.69, 9.17) is 10.5 Å². The van der Waals surface area contributed by atoms with E-state index in [-0.39, 0.29) is 23.0 Å². The van der Waals surface area contributed by atoms with Crippen molar-refractivity contribution in [3.05, 3.63) is 42.0 Å². The molecule has 0 bridgehead atoms. The Morgan fingerprint density at radius 2 is 2.05 bits per heavy atom. The SMILES string of the molecule is N#Cc1cccc(S(=O)(=O)CCn2cnc(C#N)n2)c1. The van der Waals surface area contributed by atoms with Crippen LogP contribution in [-0.4, -0.2) is 28.9 Å². The van der Waals surface area contributed by atoms with E-state index in [1.807, 2.05) is 6.07 Å². The van der Waals surface area contributed by atoms with E-state index in [2.05, 4.69) is 10.1 Å². The second-order valence-electron chi connectivity index (χ2n) is 3.90. The summed E-state index contributed by atoms with van der Waals surface area (Å²) in [5.74, 6) is -0.190. The number of nitrogens with zero attached hydrogens (tertiary/aromatic N) is 5. The Morgan fingerprint density at radius 1 is 1.25 bits per heavy atom. The van der Waals surface area contributed by atoms with E-state index in [1.165, 1.54) is 35.3 Å². The van der Waals surface area contributed by atoms with Crippen LogP contribution < -0.4 is 0 Å². The van der Waals surface area contributed by atoms with Crippen molar-refractivity contribution in [3.63, 3.8) is 0 Å². The third kappa shape index (κ3) is 2.99. The molecule has 0 saturated heterocycles. The Hall–Kier alpha value is -2.71. The third-order valence-corrected chi connectivity index (χ3v) is 4.24. The molecule has 2 aromatic rings. The lowest BCUT2D eigenvalue weighted by molar-refractivity contribution is 0.580. The molecule has 0 spiro atoms. The van der Waals surface area contributed by atoms with E-state index in [9.17, 15) is 8.42 Å². The van der Waals surface area contributed by atoms with Crippen LogP contribution in [0.1, 0.15) is 11.4 Å². The maximum Gasteiger partial charge on any atom is 0.252 e. The molecule has 2 rings (SSSR count). The Morgan fingerprint density at radius 3 is 2.70 bits per heavy atom. The molecule has 0 radical (unpaired) electrons. The number of hydrogen-bond acceptors (Lipinski definition) is 6. The summed E-state index contributed by atoms with van der Waals surface area (Å²) in [6, 6.07) is 9.49. The molecule has 0 aliphatic carbocycles. The van der Waals surface area contributed by atoms with Gasteiger partial charge in [-0.15, -0.1) is 5.10 Å². The maximum absolute atomic E-state index is 12.1. The average Bonchev–Trinajstić information content (AvgIpc) is 2.93. The van der Waals surface area contributed by atoms with Crippen LogP contribution in [-0.2, 0) is 16.4 Å². The Labute approximate surface area is 115 Å². The molecule has 0 aliphatic heterocycles. The fraction of sp³-hybridized carbons (Fsp3) is 0.167. The molecule has 0 aliphatic rings. The minimum Gasteiger partial charge on any atom is -0.251 e. The fourth-order valence-electron chi connectivity index (χ4n) is 1.54. The molecular formula is C12H9N5O2S. The largest absolute Gasteiger partial charge is 0.252 e. The fourth-order valence-corrected chi connectivity index (χ4v) is 2.80. The van der Waals surface area contributed by atoms with Crippen molar-refractivity contribution in [2.75, 3.05) is 5.75 Å². The van der Waals surface area contributed by atoms with Crippen LogP contribution in [0.2, 0.25) is 0 Å². The normalized spacial score (nSPS) is 10.7. The topological polar surface area (TPSA) is 112 Å². The van der Waals surface area contributed by atoms with Gasteiger partial charge in [0.05, 0.1) is 28.8 Å². The number of hydrogen-bond donors (Lipinski definition) is 0. The standard InChI is InChI=1S/C12H9N5O2S/c13-7-10-2-1-3-11(6-10)20(18,19)5-4-17-9-15-12(8-14)16-17/h1-3,6,9H,4-5H2. The highest BCUT2D eigenvalue weighted by atomic mass is 32.2. The van der Waals surface area contributed by atoms with Gasteiger partial charge >= 0.3 is 0 Å². The van der Waals surface area contributed by atoms with E-state index in [1.54, 1.807) is 6.07 Å². The van der Waals surface area contributed by atoms with Gasteiger partial charge in [-0.05, 0) is 18.2 Å². The minimum atomic E-state index is -3.51. The van der Waals surface area contributed by atoms with Gasteiger partial charge in [0.15, 0.2) is 9.84 Å². The van der Waals surface area contributed by atoms with Gasteiger partial charge in [0.2, 0.25) is 0 Å². The maximum atomic E-state index is 12.1. The van der Waals surface area contributed by atoms with Crippen LogP contribution in [0, 0.1) is 22.7 Å². The molecule has 100 valence electrons. The molecule has 1 heterocycles. The van der Waals surface area contributed by atoms with Crippen molar-refractivity contribution in [2.24, 2.45) is 0 Å². The summed E-state index contributed by atoms with van der Waals surface area (Å²) in [4.78, 5) is 3.78. The first kappa shape index (κ1) is 13.7. The highest BCUT2D eigenvalue weighted by molar-refractivity contribution is 7.91. The van der Waals surface area contributed by atoms with Crippen LogP contribution in [0.15, 0.2) is 35.5 Å². The van der Waals surface area contributed by atoms with Crippen LogP contribution >= 0.6 is 0 Å². The zero-order valence-corrected chi connectivity index (χ0v) is 11.1. The van der Waals surface area contributed by atoms with Gasteiger partial charge in [-0.1, -0.05) is 6.07 Å². The number of benzene rings is 1. The summed E-state index contributed by atoms with van der Waals surface area (Å²) in [6.45, 7) is 0.0911. The lowest BCUT2D eigenvalue weighted by atomic mass is 10.2. The van der Waals surface area contributed by atoms with Gasteiger partial charge in [0.25, 0.3) is 5.82 Å². The predicted octanol–water partition coefficient (Wildman–Crippen LogP) is 0.495. The molecule has 0 saturated carbocycles. The first-order chi connectivity index (χ1) is 9.55. The predicted molar refractivity (Wildman–Crippen MR) is 67.9 cm³/mol. The van der Waals surface area contributed by atoms with Gasteiger partial charge in [0, 0.05) is 0 Å². The van der Waals surface area contributed by atoms with E-state index >= 15 is 0 Å². The Balaban J connectivity index is 2.15. The Kier molecular flexibility index (Phi) is 3.78. The molecule has 0 amide bonds. The van der Waals surface area contributed by atoms with E-state index in [0.717, 1.165) is 0 Å². The zero-order valence-electron chi connectivity index (χ0n) is 10.3. The van der Waals surface area contributed by atoms with Gasteiger partial charge in [-0.3, -0.25) is 4.68 Å². The highest BCUT2D eigenvalue weighted by Crippen LogP contribution is 2.13. The number of aromatic nitrogens is 3. The summed E-state index contributed by atoms with van der Waals surface area (Å²) in [5, 5.41) is 21.1. The van der Waals surface area contributed by atoms with Crippen molar-refractivity contribution < 1.29 is 8.42 Å². The summed E-state index contributed by atoms with van der Waals surface area (Å²) in [5.41, 5.74) is 0.290. The summed E-state index contributed by atoms with van der Waals surface area (Å²) in [6.07, 6.45) is 1.31. The molecule has 0 N–H and O–H groups in total. The molecule has 1 aromatic carbocycles. The van der Waals surface area contributed by atoms with E-state index < -0.39 is 9.84 Å². The van der Waals surface area contributed by atoms with Crippen LogP contribution in [0.3, 0.4) is 0 Å².